The highest BCUT2D eigenvalue weighted by atomic mass is 32.2. The molecule has 34 heavy (non-hydrogen) atoms. The van der Waals surface area contributed by atoms with Crippen LogP contribution in [0.25, 0.3) is 22.4 Å². The number of aryl methyl sites for hydroxylation is 3. The monoisotopic (exact) mass is 463 g/mol. The Bertz CT molecular complexity index is 1370. The zero-order chi connectivity index (χ0) is 24.1. The molecule has 0 atom stereocenters. The van der Waals surface area contributed by atoms with E-state index in [1.165, 1.54) is 17.3 Å². The van der Waals surface area contributed by atoms with E-state index in [-0.39, 0.29) is 11.7 Å². The van der Waals surface area contributed by atoms with Crippen molar-refractivity contribution in [1.82, 2.24) is 4.98 Å². The third-order valence-corrected chi connectivity index (χ3v) is 6.51. The lowest BCUT2D eigenvalue weighted by molar-refractivity contribution is -0.113. The zero-order valence-corrected chi connectivity index (χ0v) is 20.2. The quantitative estimate of drug-likeness (QED) is 0.314. The smallest absolute Gasteiger partial charge is 0.234 e. The molecule has 4 rings (SSSR count). The first-order valence-electron chi connectivity index (χ1n) is 11.0. The van der Waals surface area contributed by atoms with Crippen LogP contribution < -0.4 is 5.32 Å². The second-order valence-electron chi connectivity index (χ2n) is 8.23. The van der Waals surface area contributed by atoms with Gasteiger partial charge in [0.1, 0.15) is 11.1 Å². The van der Waals surface area contributed by atoms with Crippen LogP contribution in [0.1, 0.15) is 22.3 Å². The maximum Gasteiger partial charge on any atom is 0.234 e. The molecule has 1 heterocycles. The van der Waals surface area contributed by atoms with Crippen LogP contribution in [0.5, 0.6) is 0 Å². The van der Waals surface area contributed by atoms with Gasteiger partial charge in [-0.25, -0.2) is 4.98 Å². The van der Waals surface area contributed by atoms with E-state index in [2.05, 4.69) is 11.4 Å². The summed E-state index contributed by atoms with van der Waals surface area (Å²) in [5.74, 6) is 0.0204. The van der Waals surface area contributed by atoms with Crippen LogP contribution in [0, 0.1) is 32.1 Å². The molecule has 0 radical (unpaired) electrons. The van der Waals surface area contributed by atoms with E-state index in [9.17, 15) is 10.1 Å². The number of nitrogens with zero attached hydrogens (tertiary/aromatic N) is 2. The highest BCUT2D eigenvalue weighted by molar-refractivity contribution is 8.00. The maximum atomic E-state index is 12.8. The Balaban J connectivity index is 1.68. The average molecular weight is 464 g/mol. The van der Waals surface area contributed by atoms with E-state index in [0.717, 1.165) is 39.2 Å². The fourth-order valence-electron chi connectivity index (χ4n) is 3.64. The predicted octanol–water partition coefficient (Wildman–Crippen LogP) is 6.94. The van der Waals surface area contributed by atoms with Crippen molar-refractivity contribution >= 4 is 23.4 Å². The standard InChI is InChI=1S/C29H25N3OS/c1-19-10-13-23(14-11-19)27-16-24(22-7-5-4-6-8-22)25(17-30)29(32-27)34-18-28(33)31-26-15-20(2)9-12-21(26)3/h4-16H,18H2,1-3H3,(H,31,33). The molecule has 0 aliphatic heterocycles. The lowest BCUT2D eigenvalue weighted by atomic mass is 9.99. The fourth-order valence-corrected chi connectivity index (χ4v) is 4.45. The molecule has 0 aliphatic rings. The molecule has 0 aliphatic carbocycles. The van der Waals surface area contributed by atoms with Gasteiger partial charge >= 0.3 is 0 Å². The largest absolute Gasteiger partial charge is 0.325 e. The van der Waals surface area contributed by atoms with Crippen LogP contribution in [0.4, 0.5) is 5.69 Å². The van der Waals surface area contributed by atoms with Crippen LogP contribution in [-0.4, -0.2) is 16.6 Å². The van der Waals surface area contributed by atoms with Gasteiger partial charge in [0.15, 0.2) is 0 Å². The number of carbonyl (C=O) groups excluding carboxylic acids is 1. The van der Waals surface area contributed by atoms with Gasteiger partial charge in [0.05, 0.1) is 17.0 Å². The first-order valence-corrected chi connectivity index (χ1v) is 12.0. The van der Waals surface area contributed by atoms with Crippen molar-refractivity contribution in [2.24, 2.45) is 0 Å². The first-order chi connectivity index (χ1) is 16.4. The number of pyridine rings is 1. The molecule has 5 heteroatoms. The molecule has 168 valence electrons. The number of thioether (sulfide) groups is 1. The van der Waals surface area contributed by atoms with E-state index in [1.54, 1.807) is 0 Å². The van der Waals surface area contributed by atoms with Crippen molar-refractivity contribution in [2.45, 2.75) is 25.8 Å². The molecule has 4 aromatic rings. The minimum atomic E-state index is -0.133. The summed E-state index contributed by atoms with van der Waals surface area (Å²) in [7, 11) is 0. The molecule has 0 unspecified atom stereocenters. The molecule has 1 aromatic heterocycles. The summed E-state index contributed by atoms with van der Waals surface area (Å²) in [6.45, 7) is 6.00. The number of anilines is 1. The van der Waals surface area contributed by atoms with E-state index in [0.29, 0.717) is 10.6 Å². The number of amides is 1. The van der Waals surface area contributed by atoms with Gasteiger partial charge in [-0.05, 0) is 49.6 Å². The number of nitrogens with one attached hydrogen (secondary N) is 1. The van der Waals surface area contributed by atoms with Crippen LogP contribution in [-0.2, 0) is 4.79 Å². The maximum absolute atomic E-state index is 12.8. The van der Waals surface area contributed by atoms with Gasteiger partial charge in [0.2, 0.25) is 5.91 Å². The van der Waals surface area contributed by atoms with Gasteiger partial charge in [0, 0.05) is 16.8 Å². The molecular weight excluding hydrogens is 438 g/mol. The lowest BCUT2D eigenvalue weighted by Gasteiger charge is -2.13. The number of hydrogen-bond donors (Lipinski definition) is 1. The van der Waals surface area contributed by atoms with Crippen LogP contribution in [0.2, 0.25) is 0 Å². The molecule has 1 N–H and O–H groups in total. The normalized spacial score (nSPS) is 10.5. The van der Waals surface area contributed by atoms with E-state index >= 15 is 0 Å². The van der Waals surface area contributed by atoms with Crippen LogP contribution in [0.15, 0.2) is 83.9 Å². The Morgan fingerprint density at radius 3 is 2.32 bits per heavy atom. The van der Waals surface area contributed by atoms with Crippen molar-refractivity contribution < 1.29 is 4.79 Å². The summed E-state index contributed by atoms with van der Waals surface area (Å²) < 4.78 is 0. The van der Waals surface area contributed by atoms with Gasteiger partial charge in [0.25, 0.3) is 0 Å². The van der Waals surface area contributed by atoms with E-state index in [4.69, 9.17) is 4.98 Å². The third kappa shape index (κ3) is 5.36. The summed E-state index contributed by atoms with van der Waals surface area (Å²) in [6.07, 6.45) is 0. The Morgan fingerprint density at radius 2 is 1.62 bits per heavy atom. The lowest BCUT2D eigenvalue weighted by Crippen LogP contribution is -2.15. The summed E-state index contributed by atoms with van der Waals surface area (Å²) in [5.41, 5.74) is 8.03. The van der Waals surface area contributed by atoms with Crippen LogP contribution >= 0.6 is 11.8 Å². The van der Waals surface area contributed by atoms with Crippen molar-refractivity contribution in [3.63, 3.8) is 0 Å². The van der Waals surface area contributed by atoms with Gasteiger partial charge in [-0.15, -0.1) is 0 Å². The fraction of sp³-hybridized carbons (Fsp3) is 0.138. The summed E-state index contributed by atoms with van der Waals surface area (Å²) in [5, 5.41) is 13.6. The Morgan fingerprint density at radius 1 is 0.912 bits per heavy atom. The molecule has 0 saturated carbocycles. The Kier molecular flexibility index (Phi) is 7.10. The third-order valence-electron chi connectivity index (χ3n) is 5.54. The minimum Gasteiger partial charge on any atom is -0.325 e. The van der Waals surface area contributed by atoms with Crippen molar-refractivity contribution in [3.05, 3.63) is 101 Å². The summed E-state index contributed by atoms with van der Waals surface area (Å²) in [4.78, 5) is 17.6. The number of carbonyl (C=O) groups is 1. The molecule has 0 bridgehead atoms. The Hall–Kier alpha value is -3.88. The van der Waals surface area contributed by atoms with Gasteiger partial charge in [-0.3, -0.25) is 4.79 Å². The van der Waals surface area contributed by atoms with Crippen molar-refractivity contribution in [3.8, 4) is 28.5 Å². The van der Waals surface area contributed by atoms with E-state index in [1.807, 2.05) is 99.6 Å². The SMILES string of the molecule is Cc1ccc(-c2cc(-c3ccccc3)c(C#N)c(SCC(=O)Nc3cc(C)ccc3C)n2)cc1. The first kappa shape index (κ1) is 23.3. The average Bonchev–Trinajstić information content (AvgIpc) is 2.85. The van der Waals surface area contributed by atoms with Crippen LogP contribution in [0.3, 0.4) is 0 Å². The van der Waals surface area contributed by atoms with Crippen molar-refractivity contribution in [2.75, 3.05) is 11.1 Å². The molecule has 0 spiro atoms. The number of aromatic nitrogens is 1. The second kappa shape index (κ2) is 10.4. The summed E-state index contributed by atoms with van der Waals surface area (Å²) >= 11 is 1.28. The minimum absolute atomic E-state index is 0.133. The number of hydrogen-bond acceptors (Lipinski definition) is 4. The Labute approximate surface area is 204 Å². The van der Waals surface area contributed by atoms with Crippen molar-refractivity contribution in [1.29, 1.82) is 5.26 Å². The highest BCUT2D eigenvalue weighted by Gasteiger charge is 2.17. The topological polar surface area (TPSA) is 65.8 Å². The van der Waals surface area contributed by atoms with Gasteiger partial charge in [-0.2, -0.15) is 5.26 Å². The summed E-state index contributed by atoms with van der Waals surface area (Å²) in [6, 6.07) is 28.2. The van der Waals surface area contributed by atoms with E-state index < -0.39 is 0 Å². The molecule has 4 nitrogen and oxygen atoms in total. The second-order valence-corrected chi connectivity index (χ2v) is 9.20. The van der Waals surface area contributed by atoms with Gasteiger partial charge < -0.3 is 5.32 Å². The number of rotatable bonds is 6. The molecule has 3 aromatic carbocycles. The number of benzene rings is 3. The zero-order valence-electron chi connectivity index (χ0n) is 19.4. The van der Waals surface area contributed by atoms with Gasteiger partial charge in [-0.1, -0.05) is 84.1 Å². The molecular formula is C29H25N3OS. The molecule has 1 amide bonds. The predicted molar refractivity (Wildman–Crippen MR) is 140 cm³/mol. The molecule has 0 saturated heterocycles. The molecule has 0 fully saturated rings. The number of nitriles is 1. The highest BCUT2D eigenvalue weighted by Crippen LogP contribution is 2.34.